The maximum atomic E-state index is 13.1. The summed E-state index contributed by atoms with van der Waals surface area (Å²) in [7, 11) is 0. The summed E-state index contributed by atoms with van der Waals surface area (Å²) in [6.07, 6.45) is 0. The molecule has 0 radical (unpaired) electrons. The molecule has 9 heteroatoms. The van der Waals surface area contributed by atoms with Crippen molar-refractivity contribution >= 4 is 28.3 Å². The normalized spacial score (nSPS) is 10.8. The molecule has 4 aromatic rings. The molecule has 0 aliphatic carbocycles. The number of aromatic nitrogens is 3. The van der Waals surface area contributed by atoms with Crippen molar-refractivity contribution in [2.45, 2.75) is 6.92 Å². The fourth-order valence-corrected chi connectivity index (χ4v) is 2.95. The van der Waals surface area contributed by atoms with Gasteiger partial charge in [-0.1, -0.05) is 6.07 Å². The molecular weight excluding hydrogens is 377 g/mol. The van der Waals surface area contributed by atoms with Crippen molar-refractivity contribution in [2.24, 2.45) is 0 Å². The van der Waals surface area contributed by atoms with Crippen LogP contribution in [0.25, 0.3) is 16.7 Å². The molecule has 4 rings (SSSR count). The van der Waals surface area contributed by atoms with Gasteiger partial charge in [-0.15, -0.1) is 10.2 Å². The number of hydrogen-bond donors (Lipinski definition) is 1. The first-order valence-electron chi connectivity index (χ1n) is 8.61. The summed E-state index contributed by atoms with van der Waals surface area (Å²) in [5.41, 5.74) is 2.59. The molecule has 0 aliphatic heterocycles. The van der Waals surface area contributed by atoms with Crippen LogP contribution in [0.4, 0.5) is 15.8 Å². The molecule has 0 saturated carbocycles. The molecule has 0 unspecified atom stereocenters. The fraction of sp³-hybridized carbons (Fsp3) is 0.0500. The van der Waals surface area contributed by atoms with Crippen molar-refractivity contribution < 1.29 is 14.1 Å². The summed E-state index contributed by atoms with van der Waals surface area (Å²) in [5.74, 6) is -0.816. The maximum Gasteiger partial charge on any atom is 0.273 e. The number of nitrogens with zero attached hydrogens (tertiary/aromatic N) is 4. The third kappa shape index (κ3) is 3.53. The van der Waals surface area contributed by atoms with Crippen LogP contribution in [0.1, 0.15) is 15.9 Å². The monoisotopic (exact) mass is 391 g/mol. The molecule has 0 saturated heterocycles. The minimum atomic E-state index is -0.522. The Hall–Kier alpha value is -4.14. The molecule has 29 heavy (non-hydrogen) atoms. The average Bonchev–Trinajstić information content (AvgIpc) is 3.11. The molecular formula is C20H14FN5O3. The molecule has 144 valence electrons. The van der Waals surface area contributed by atoms with E-state index in [9.17, 15) is 19.3 Å². The summed E-state index contributed by atoms with van der Waals surface area (Å²) >= 11 is 0. The highest BCUT2D eigenvalue weighted by Gasteiger charge is 2.18. The van der Waals surface area contributed by atoms with Crippen molar-refractivity contribution in [3.05, 3.63) is 87.7 Å². The Balaban J connectivity index is 1.62. The number of carbonyl (C=O) groups is 1. The third-order valence-electron chi connectivity index (χ3n) is 4.44. The summed E-state index contributed by atoms with van der Waals surface area (Å²) < 4.78 is 13.1. The van der Waals surface area contributed by atoms with E-state index in [1.54, 1.807) is 30.3 Å². The predicted molar refractivity (Wildman–Crippen MR) is 105 cm³/mol. The first-order chi connectivity index (χ1) is 13.9. The third-order valence-corrected chi connectivity index (χ3v) is 4.44. The van der Waals surface area contributed by atoms with Gasteiger partial charge in [-0.3, -0.25) is 14.9 Å². The summed E-state index contributed by atoms with van der Waals surface area (Å²) in [5, 5.41) is 22.5. The Morgan fingerprint density at radius 1 is 1.07 bits per heavy atom. The number of nitro benzene ring substituents is 1. The Labute approximate surface area is 163 Å². The molecule has 1 aromatic heterocycles. The lowest BCUT2D eigenvalue weighted by Gasteiger charge is -2.07. The van der Waals surface area contributed by atoms with Crippen LogP contribution < -0.4 is 5.32 Å². The van der Waals surface area contributed by atoms with E-state index < -0.39 is 10.8 Å². The van der Waals surface area contributed by atoms with Gasteiger partial charge >= 0.3 is 0 Å². The van der Waals surface area contributed by atoms with Crippen LogP contribution in [0.5, 0.6) is 0 Å². The van der Waals surface area contributed by atoms with Crippen LogP contribution in [0, 0.1) is 22.9 Å². The average molecular weight is 391 g/mol. The topological polar surface area (TPSA) is 103 Å². The zero-order chi connectivity index (χ0) is 20.5. The van der Waals surface area contributed by atoms with Gasteiger partial charge in [0.15, 0.2) is 0 Å². The van der Waals surface area contributed by atoms with Crippen LogP contribution in [-0.2, 0) is 0 Å². The van der Waals surface area contributed by atoms with Crippen LogP contribution in [0.3, 0.4) is 0 Å². The van der Waals surface area contributed by atoms with Gasteiger partial charge in [0.2, 0.25) is 0 Å². The molecule has 0 bridgehead atoms. The first-order valence-corrected chi connectivity index (χ1v) is 8.61. The van der Waals surface area contributed by atoms with E-state index in [4.69, 9.17) is 0 Å². The van der Waals surface area contributed by atoms with E-state index in [2.05, 4.69) is 15.5 Å². The summed E-state index contributed by atoms with van der Waals surface area (Å²) in [6.45, 7) is 1.53. The zero-order valence-electron chi connectivity index (χ0n) is 15.2. The van der Waals surface area contributed by atoms with Gasteiger partial charge in [-0.05, 0) is 55.5 Å². The maximum absolute atomic E-state index is 13.1. The predicted octanol–water partition coefficient (Wildman–Crippen LogP) is 4.03. The molecule has 0 fully saturated rings. The van der Waals surface area contributed by atoms with Gasteiger partial charge in [0.1, 0.15) is 16.9 Å². The minimum absolute atomic E-state index is 0.115. The van der Waals surface area contributed by atoms with Crippen LogP contribution >= 0.6 is 0 Å². The zero-order valence-corrected chi connectivity index (χ0v) is 15.2. The second-order valence-corrected chi connectivity index (χ2v) is 6.33. The second kappa shape index (κ2) is 7.12. The standard InChI is InChI=1S/C20H14FN5O3/c1-12-16(3-2-4-19(12)26(28)29)20(27)22-14-7-10-17-18(11-14)24-25(23-17)15-8-5-13(21)6-9-15/h2-11H,1H3,(H,22,27). The van der Waals surface area contributed by atoms with Gasteiger partial charge in [0.25, 0.3) is 11.6 Å². The Morgan fingerprint density at radius 3 is 2.52 bits per heavy atom. The number of carbonyl (C=O) groups excluding carboxylic acids is 1. The molecule has 1 amide bonds. The van der Waals surface area contributed by atoms with Crippen molar-refractivity contribution in [1.29, 1.82) is 0 Å². The van der Waals surface area contributed by atoms with Crippen LogP contribution in [0.15, 0.2) is 60.7 Å². The van der Waals surface area contributed by atoms with Gasteiger partial charge in [0.05, 0.1) is 10.6 Å². The number of nitrogens with one attached hydrogen (secondary N) is 1. The highest BCUT2D eigenvalue weighted by molar-refractivity contribution is 6.06. The van der Waals surface area contributed by atoms with E-state index in [1.807, 2.05) is 0 Å². The van der Waals surface area contributed by atoms with E-state index in [-0.39, 0.29) is 17.1 Å². The largest absolute Gasteiger partial charge is 0.322 e. The van der Waals surface area contributed by atoms with Crippen molar-refractivity contribution in [2.75, 3.05) is 5.32 Å². The minimum Gasteiger partial charge on any atom is -0.322 e. The molecule has 0 aliphatic rings. The lowest BCUT2D eigenvalue weighted by atomic mass is 10.1. The lowest BCUT2D eigenvalue weighted by molar-refractivity contribution is -0.385. The molecule has 0 atom stereocenters. The number of benzene rings is 3. The van der Waals surface area contributed by atoms with Crippen LogP contribution in [0.2, 0.25) is 0 Å². The SMILES string of the molecule is Cc1c(C(=O)Nc2ccc3nn(-c4ccc(F)cc4)nc3c2)cccc1[N+](=O)[O-]. The number of rotatable bonds is 4. The Bertz CT molecular complexity index is 1250. The number of hydrogen-bond acceptors (Lipinski definition) is 5. The number of amides is 1. The summed E-state index contributed by atoms with van der Waals surface area (Å²) in [6, 6.07) is 15.1. The smallest absolute Gasteiger partial charge is 0.273 e. The lowest BCUT2D eigenvalue weighted by Crippen LogP contribution is -2.14. The Morgan fingerprint density at radius 2 is 1.79 bits per heavy atom. The van der Waals surface area contributed by atoms with E-state index in [1.165, 1.54) is 42.1 Å². The summed E-state index contributed by atoms with van der Waals surface area (Å²) in [4.78, 5) is 24.5. The number of anilines is 1. The highest BCUT2D eigenvalue weighted by atomic mass is 19.1. The van der Waals surface area contributed by atoms with Crippen LogP contribution in [-0.4, -0.2) is 25.8 Å². The Kier molecular flexibility index (Phi) is 4.47. The number of fused-ring (bicyclic) bond motifs is 1. The molecule has 1 heterocycles. The van der Waals surface area contributed by atoms with E-state index >= 15 is 0 Å². The molecule has 0 spiro atoms. The fourth-order valence-electron chi connectivity index (χ4n) is 2.95. The molecule has 3 aromatic carbocycles. The van der Waals surface area contributed by atoms with E-state index in [0.717, 1.165) is 0 Å². The highest BCUT2D eigenvalue weighted by Crippen LogP contribution is 2.23. The molecule has 8 nitrogen and oxygen atoms in total. The molecule has 1 N–H and O–H groups in total. The number of halogens is 1. The van der Waals surface area contributed by atoms with Gasteiger partial charge in [0, 0.05) is 22.9 Å². The number of nitro groups is 1. The quantitative estimate of drug-likeness (QED) is 0.418. The van der Waals surface area contributed by atoms with Gasteiger partial charge in [-0.25, -0.2) is 4.39 Å². The van der Waals surface area contributed by atoms with Crippen molar-refractivity contribution in [3.8, 4) is 5.69 Å². The first kappa shape index (κ1) is 18.2. The van der Waals surface area contributed by atoms with Gasteiger partial charge < -0.3 is 5.32 Å². The van der Waals surface area contributed by atoms with Gasteiger partial charge in [-0.2, -0.15) is 4.80 Å². The van der Waals surface area contributed by atoms with Crippen molar-refractivity contribution in [3.63, 3.8) is 0 Å². The van der Waals surface area contributed by atoms with Crippen molar-refractivity contribution in [1.82, 2.24) is 15.0 Å². The van der Waals surface area contributed by atoms with E-state index in [0.29, 0.717) is 28.0 Å². The second-order valence-electron chi connectivity index (χ2n) is 6.33.